The number of sulfonamides is 1. The van der Waals surface area contributed by atoms with E-state index in [0.717, 1.165) is 18.3 Å². The molecule has 0 amide bonds. The van der Waals surface area contributed by atoms with Crippen LogP contribution in [-0.4, -0.2) is 38.8 Å². The van der Waals surface area contributed by atoms with Gasteiger partial charge in [-0.3, -0.25) is 0 Å². The summed E-state index contributed by atoms with van der Waals surface area (Å²) in [5, 5.41) is 0. The maximum Gasteiger partial charge on any atom is 0.422 e. The number of aromatic nitrogens is 1. The van der Waals surface area contributed by atoms with E-state index in [4.69, 9.17) is 5.73 Å². The summed E-state index contributed by atoms with van der Waals surface area (Å²) in [6.45, 7) is 0.410. The molecule has 1 aromatic rings. The summed E-state index contributed by atoms with van der Waals surface area (Å²) < 4.78 is 66.2. The van der Waals surface area contributed by atoms with Crippen molar-refractivity contribution in [2.45, 2.75) is 30.5 Å². The Bertz CT molecular complexity index is 550. The van der Waals surface area contributed by atoms with Crippen LogP contribution in [0.5, 0.6) is 5.88 Å². The molecular formula is C11H17ClF3N3O3S. The molecule has 22 heavy (non-hydrogen) atoms. The molecule has 6 nitrogen and oxygen atoms in total. The van der Waals surface area contributed by atoms with E-state index in [1.807, 2.05) is 0 Å². The lowest BCUT2D eigenvalue weighted by Gasteiger charge is -2.10. The molecule has 0 aromatic carbocycles. The van der Waals surface area contributed by atoms with Crippen molar-refractivity contribution in [2.24, 2.45) is 5.73 Å². The Morgan fingerprint density at radius 2 is 2.05 bits per heavy atom. The zero-order chi connectivity index (χ0) is 16.1. The monoisotopic (exact) mass is 363 g/mol. The molecule has 0 saturated heterocycles. The van der Waals surface area contributed by atoms with E-state index >= 15 is 0 Å². The molecule has 0 bridgehead atoms. The maximum absolute atomic E-state index is 11.9. The molecule has 1 atom stereocenters. The first-order valence-corrected chi connectivity index (χ1v) is 7.49. The van der Waals surface area contributed by atoms with Gasteiger partial charge in [0.1, 0.15) is 4.90 Å². The van der Waals surface area contributed by atoms with Crippen LogP contribution in [0.1, 0.15) is 13.3 Å². The number of nitrogens with two attached hydrogens (primary N) is 1. The molecule has 1 aromatic heterocycles. The van der Waals surface area contributed by atoms with Gasteiger partial charge in [-0.2, -0.15) is 13.2 Å². The number of ether oxygens (including phenoxy) is 1. The molecule has 0 saturated carbocycles. The third kappa shape index (κ3) is 7.78. The summed E-state index contributed by atoms with van der Waals surface area (Å²) >= 11 is 0. The number of rotatable bonds is 7. The van der Waals surface area contributed by atoms with Crippen molar-refractivity contribution < 1.29 is 26.3 Å². The van der Waals surface area contributed by atoms with Gasteiger partial charge in [0.25, 0.3) is 0 Å². The lowest BCUT2D eigenvalue weighted by atomic mass is 10.3. The molecule has 1 heterocycles. The molecule has 0 aliphatic carbocycles. The summed E-state index contributed by atoms with van der Waals surface area (Å²) in [5.41, 5.74) is 5.49. The Kier molecular flexibility index (Phi) is 8.09. The normalized spacial score (nSPS) is 13.3. The minimum atomic E-state index is -4.48. The zero-order valence-corrected chi connectivity index (χ0v) is 13.3. The Morgan fingerprint density at radius 3 is 2.50 bits per heavy atom. The van der Waals surface area contributed by atoms with Crippen LogP contribution in [0, 0.1) is 0 Å². The minimum absolute atomic E-state index is 0. The Labute approximate surface area is 132 Å². The molecule has 1 unspecified atom stereocenters. The number of alkyl halides is 3. The molecule has 0 aliphatic rings. The lowest BCUT2D eigenvalue weighted by molar-refractivity contribution is -0.154. The summed E-state index contributed by atoms with van der Waals surface area (Å²) in [5.74, 6) is -0.304. The molecule has 0 aliphatic heterocycles. The molecule has 0 radical (unpaired) electrons. The standard InChI is InChI=1S/C11H16F3N3O3S.ClH/c1-8(15)4-5-17-21(18,19)9-2-3-10(16-6-9)20-7-11(12,13)14;/h2-3,6,8,17H,4-5,7,15H2,1H3;1H. The highest BCUT2D eigenvalue weighted by atomic mass is 35.5. The van der Waals surface area contributed by atoms with Gasteiger partial charge in [0.2, 0.25) is 15.9 Å². The first-order valence-electron chi connectivity index (χ1n) is 6.01. The topological polar surface area (TPSA) is 94.3 Å². The molecule has 0 spiro atoms. The summed E-state index contributed by atoms with van der Waals surface area (Å²) in [6, 6.07) is 2.03. The second-order valence-corrected chi connectivity index (χ2v) is 6.17. The largest absolute Gasteiger partial charge is 0.468 e. The van der Waals surface area contributed by atoms with Crippen molar-refractivity contribution in [3.05, 3.63) is 18.3 Å². The highest BCUT2D eigenvalue weighted by molar-refractivity contribution is 7.89. The van der Waals surface area contributed by atoms with Crippen LogP contribution in [0.4, 0.5) is 13.2 Å². The smallest absolute Gasteiger partial charge is 0.422 e. The Balaban J connectivity index is 0.00000441. The third-order valence-corrected chi connectivity index (χ3v) is 3.74. The van der Waals surface area contributed by atoms with Crippen LogP contribution in [0.3, 0.4) is 0 Å². The number of nitrogens with zero attached hydrogens (tertiary/aromatic N) is 1. The van der Waals surface area contributed by atoms with Gasteiger partial charge in [0, 0.05) is 18.7 Å². The van der Waals surface area contributed by atoms with Crippen molar-refractivity contribution in [1.82, 2.24) is 9.71 Å². The molecule has 128 valence electrons. The van der Waals surface area contributed by atoms with Gasteiger partial charge >= 0.3 is 6.18 Å². The third-order valence-electron chi connectivity index (χ3n) is 2.29. The molecule has 3 N–H and O–H groups in total. The van der Waals surface area contributed by atoms with Crippen molar-refractivity contribution in [1.29, 1.82) is 0 Å². The molecule has 11 heteroatoms. The predicted octanol–water partition coefficient (Wildman–Crippen LogP) is 1.46. The van der Waals surface area contributed by atoms with Crippen molar-refractivity contribution >= 4 is 22.4 Å². The van der Waals surface area contributed by atoms with Crippen LogP contribution < -0.4 is 15.2 Å². The van der Waals surface area contributed by atoms with E-state index in [2.05, 4.69) is 14.4 Å². The van der Waals surface area contributed by atoms with Gasteiger partial charge in [-0.1, -0.05) is 0 Å². The summed E-state index contributed by atoms with van der Waals surface area (Å²) in [4.78, 5) is 3.36. The van der Waals surface area contributed by atoms with E-state index in [9.17, 15) is 21.6 Å². The predicted molar refractivity (Wildman–Crippen MR) is 76.5 cm³/mol. The lowest BCUT2D eigenvalue weighted by Crippen LogP contribution is -2.29. The maximum atomic E-state index is 11.9. The number of hydrogen-bond donors (Lipinski definition) is 2. The SMILES string of the molecule is CC(N)CCNS(=O)(=O)c1ccc(OCC(F)(F)F)nc1.Cl. The second kappa shape index (κ2) is 8.51. The van der Waals surface area contributed by atoms with Gasteiger partial charge in [-0.05, 0) is 19.4 Å². The number of nitrogens with one attached hydrogen (secondary N) is 1. The van der Waals surface area contributed by atoms with E-state index in [1.165, 1.54) is 0 Å². The van der Waals surface area contributed by atoms with Gasteiger partial charge in [0.15, 0.2) is 6.61 Å². The fourth-order valence-corrected chi connectivity index (χ4v) is 2.26. The number of hydrogen-bond acceptors (Lipinski definition) is 5. The van der Waals surface area contributed by atoms with E-state index < -0.39 is 22.8 Å². The zero-order valence-electron chi connectivity index (χ0n) is 11.6. The van der Waals surface area contributed by atoms with E-state index in [0.29, 0.717) is 6.42 Å². The summed E-state index contributed by atoms with van der Waals surface area (Å²) in [7, 11) is -3.76. The van der Waals surface area contributed by atoms with E-state index in [-0.39, 0.29) is 35.8 Å². The molecule has 1 rings (SSSR count). The van der Waals surface area contributed by atoms with E-state index in [1.54, 1.807) is 6.92 Å². The van der Waals surface area contributed by atoms with Crippen LogP contribution in [0.25, 0.3) is 0 Å². The minimum Gasteiger partial charge on any atom is -0.468 e. The van der Waals surface area contributed by atoms with Crippen LogP contribution in [-0.2, 0) is 10.0 Å². The first kappa shape index (κ1) is 20.9. The van der Waals surface area contributed by atoms with Gasteiger partial charge in [0.05, 0.1) is 6.20 Å². The first-order chi connectivity index (χ1) is 9.60. The molecular weight excluding hydrogens is 347 g/mol. The average Bonchev–Trinajstić information content (AvgIpc) is 2.35. The fourth-order valence-electron chi connectivity index (χ4n) is 1.27. The fraction of sp³-hybridized carbons (Fsp3) is 0.545. The van der Waals surface area contributed by atoms with Crippen LogP contribution in [0.2, 0.25) is 0 Å². The van der Waals surface area contributed by atoms with Crippen LogP contribution in [0.15, 0.2) is 23.2 Å². The Morgan fingerprint density at radius 1 is 1.41 bits per heavy atom. The van der Waals surface area contributed by atoms with Gasteiger partial charge in [-0.25, -0.2) is 18.1 Å². The average molecular weight is 364 g/mol. The highest BCUT2D eigenvalue weighted by Gasteiger charge is 2.28. The van der Waals surface area contributed by atoms with Crippen molar-refractivity contribution in [3.8, 4) is 5.88 Å². The van der Waals surface area contributed by atoms with Crippen LogP contribution >= 0.6 is 12.4 Å². The molecule has 0 fully saturated rings. The Hall–Kier alpha value is -1.10. The number of pyridine rings is 1. The van der Waals surface area contributed by atoms with Crippen molar-refractivity contribution in [2.75, 3.05) is 13.2 Å². The van der Waals surface area contributed by atoms with Gasteiger partial charge < -0.3 is 10.5 Å². The highest BCUT2D eigenvalue weighted by Crippen LogP contribution is 2.18. The van der Waals surface area contributed by atoms with Gasteiger partial charge in [-0.15, -0.1) is 12.4 Å². The summed E-state index contributed by atoms with van der Waals surface area (Å²) in [6.07, 6.45) is -3.09. The quantitative estimate of drug-likeness (QED) is 0.764. The number of halogens is 4. The second-order valence-electron chi connectivity index (χ2n) is 4.40. The van der Waals surface area contributed by atoms with Crippen molar-refractivity contribution in [3.63, 3.8) is 0 Å².